The smallest absolute Gasteiger partial charge is 0.243 e. The maximum absolute atomic E-state index is 13.1. The molecule has 1 aliphatic rings. The molecule has 3 amide bonds. The number of likely N-dealkylation sites (N-methyl/N-ethyl adjacent to an activating group) is 1. The molecule has 7 nitrogen and oxygen atoms in total. The lowest BCUT2D eigenvalue weighted by molar-refractivity contribution is -0.130. The first-order valence-corrected chi connectivity index (χ1v) is 8.38. The minimum absolute atomic E-state index is 0.0105. The van der Waals surface area contributed by atoms with Gasteiger partial charge in [-0.2, -0.15) is 0 Å². The molecule has 2 rings (SSSR count). The molecule has 3 N–H and O–H groups in total. The van der Waals surface area contributed by atoms with Gasteiger partial charge in [-0.3, -0.25) is 19.3 Å². The number of hydrogen-bond acceptors (Lipinski definition) is 4. The topological polar surface area (TPSA) is 90.5 Å². The number of rotatable bonds is 6. The predicted molar refractivity (Wildman–Crippen MR) is 91.3 cm³/mol. The maximum atomic E-state index is 13.1. The molecule has 1 fully saturated rings. The van der Waals surface area contributed by atoms with Crippen molar-refractivity contribution < 1.29 is 23.2 Å². The summed E-state index contributed by atoms with van der Waals surface area (Å²) in [6, 6.07) is 2.63. The lowest BCUT2D eigenvalue weighted by Crippen LogP contribution is -2.52. The van der Waals surface area contributed by atoms with Crippen LogP contribution < -0.4 is 16.0 Å². The molecule has 1 aromatic rings. The lowest BCUT2D eigenvalue weighted by atomic mass is 10.0. The third-order valence-corrected chi connectivity index (χ3v) is 4.16. The Labute approximate surface area is 150 Å². The summed E-state index contributed by atoms with van der Waals surface area (Å²) >= 11 is 0. The van der Waals surface area contributed by atoms with Crippen LogP contribution in [-0.2, 0) is 14.4 Å². The summed E-state index contributed by atoms with van der Waals surface area (Å²) in [6.07, 6.45) is 2.51. The lowest BCUT2D eigenvalue weighted by Gasteiger charge is -2.33. The highest BCUT2D eigenvalue weighted by Gasteiger charge is 2.29. The summed E-state index contributed by atoms with van der Waals surface area (Å²) in [7, 11) is 1.55. The van der Waals surface area contributed by atoms with E-state index in [2.05, 4.69) is 16.0 Å². The molecule has 0 saturated carbocycles. The number of carbonyl (C=O) groups excluding carboxylic acids is 3. The standard InChI is InChI=1S/C17H22F2N4O3/c1-20-17(26)14-4-2-3-7-23(14)10-16(25)21-9-15(24)22-11-5-6-12(18)13(19)8-11/h5-6,8,14H,2-4,7,9-10H2,1H3,(H,20,26)(H,21,25)(H,22,24). The Morgan fingerprint density at radius 1 is 1.15 bits per heavy atom. The van der Waals surface area contributed by atoms with Crippen molar-refractivity contribution in [3.63, 3.8) is 0 Å². The third-order valence-electron chi connectivity index (χ3n) is 4.16. The summed E-state index contributed by atoms with van der Waals surface area (Å²) in [4.78, 5) is 37.5. The molecule has 1 unspecified atom stereocenters. The number of amides is 3. The van der Waals surface area contributed by atoms with Crippen LogP contribution in [0.25, 0.3) is 0 Å². The Morgan fingerprint density at radius 3 is 2.62 bits per heavy atom. The minimum Gasteiger partial charge on any atom is -0.358 e. The average molecular weight is 368 g/mol. The number of carbonyl (C=O) groups is 3. The molecule has 1 atom stereocenters. The van der Waals surface area contributed by atoms with E-state index in [-0.39, 0.29) is 36.6 Å². The van der Waals surface area contributed by atoms with Crippen LogP contribution >= 0.6 is 0 Å². The van der Waals surface area contributed by atoms with Crippen LogP contribution in [0.4, 0.5) is 14.5 Å². The Balaban J connectivity index is 1.80. The predicted octanol–water partition coefficient (Wildman–Crippen LogP) is 0.620. The van der Waals surface area contributed by atoms with Gasteiger partial charge in [0, 0.05) is 18.8 Å². The monoisotopic (exact) mass is 368 g/mol. The maximum Gasteiger partial charge on any atom is 0.243 e. The van der Waals surface area contributed by atoms with E-state index < -0.39 is 17.5 Å². The van der Waals surface area contributed by atoms with Crippen LogP contribution in [0.2, 0.25) is 0 Å². The van der Waals surface area contributed by atoms with E-state index in [9.17, 15) is 23.2 Å². The van der Waals surface area contributed by atoms with Crippen LogP contribution in [0.3, 0.4) is 0 Å². The van der Waals surface area contributed by atoms with E-state index in [1.165, 1.54) is 6.07 Å². The van der Waals surface area contributed by atoms with Crippen molar-refractivity contribution in [2.45, 2.75) is 25.3 Å². The fourth-order valence-corrected chi connectivity index (χ4v) is 2.84. The Hall–Kier alpha value is -2.55. The third kappa shape index (κ3) is 5.48. The Morgan fingerprint density at radius 2 is 1.92 bits per heavy atom. The van der Waals surface area contributed by atoms with Crippen molar-refractivity contribution in [2.75, 3.05) is 32.0 Å². The highest BCUT2D eigenvalue weighted by atomic mass is 19.2. The van der Waals surface area contributed by atoms with Gasteiger partial charge in [-0.25, -0.2) is 8.78 Å². The van der Waals surface area contributed by atoms with Gasteiger partial charge in [-0.15, -0.1) is 0 Å². The molecule has 0 aliphatic carbocycles. The summed E-state index contributed by atoms with van der Waals surface area (Å²) in [5.41, 5.74) is 0.0962. The Bertz CT molecular complexity index is 684. The normalized spacial score (nSPS) is 17.4. The van der Waals surface area contributed by atoms with Crippen LogP contribution in [-0.4, -0.2) is 55.3 Å². The molecule has 1 heterocycles. The van der Waals surface area contributed by atoms with Gasteiger partial charge in [0.15, 0.2) is 11.6 Å². The minimum atomic E-state index is -1.07. The molecule has 0 bridgehead atoms. The zero-order valence-electron chi connectivity index (χ0n) is 14.5. The van der Waals surface area contributed by atoms with E-state index >= 15 is 0 Å². The highest BCUT2D eigenvalue weighted by molar-refractivity contribution is 5.94. The number of halogens is 2. The van der Waals surface area contributed by atoms with Crippen molar-refractivity contribution in [3.05, 3.63) is 29.8 Å². The van der Waals surface area contributed by atoms with Gasteiger partial charge in [0.1, 0.15) is 0 Å². The van der Waals surface area contributed by atoms with Crippen molar-refractivity contribution in [2.24, 2.45) is 0 Å². The van der Waals surface area contributed by atoms with E-state index in [0.29, 0.717) is 13.0 Å². The first kappa shape index (κ1) is 19.8. The molecule has 0 aromatic heterocycles. The van der Waals surface area contributed by atoms with Crippen LogP contribution in [0.15, 0.2) is 18.2 Å². The van der Waals surface area contributed by atoms with Gasteiger partial charge in [0.2, 0.25) is 17.7 Å². The first-order valence-electron chi connectivity index (χ1n) is 8.38. The van der Waals surface area contributed by atoms with E-state index in [4.69, 9.17) is 0 Å². The van der Waals surface area contributed by atoms with Crippen LogP contribution in [0.5, 0.6) is 0 Å². The summed E-state index contributed by atoms with van der Waals surface area (Å²) in [5.74, 6) is -3.17. The summed E-state index contributed by atoms with van der Waals surface area (Å²) < 4.78 is 25.9. The van der Waals surface area contributed by atoms with Gasteiger partial charge >= 0.3 is 0 Å². The molecule has 0 radical (unpaired) electrons. The molecule has 0 spiro atoms. The second kappa shape index (κ2) is 9.23. The average Bonchev–Trinajstić information content (AvgIpc) is 2.63. The number of nitrogens with one attached hydrogen (secondary N) is 3. The number of anilines is 1. The van der Waals surface area contributed by atoms with Gasteiger partial charge in [0.05, 0.1) is 19.1 Å². The van der Waals surface area contributed by atoms with Gasteiger partial charge < -0.3 is 16.0 Å². The van der Waals surface area contributed by atoms with E-state index in [1.54, 1.807) is 11.9 Å². The second-order valence-corrected chi connectivity index (χ2v) is 6.05. The van der Waals surface area contributed by atoms with Gasteiger partial charge in [-0.1, -0.05) is 6.42 Å². The molecule has 26 heavy (non-hydrogen) atoms. The molecule has 1 aliphatic heterocycles. The van der Waals surface area contributed by atoms with Crippen LogP contribution in [0.1, 0.15) is 19.3 Å². The quantitative estimate of drug-likeness (QED) is 0.687. The molecular formula is C17H22F2N4O3. The van der Waals surface area contributed by atoms with Crippen molar-refractivity contribution in [1.82, 2.24) is 15.5 Å². The van der Waals surface area contributed by atoms with Gasteiger partial charge in [0.25, 0.3) is 0 Å². The number of piperidine rings is 1. The number of benzene rings is 1. The number of nitrogens with zero attached hydrogens (tertiary/aromatic N) is 1. The van der Waals surface area contributed by atoms with Crippen molar-refractivity contribution in [1.29, 1.82) is 0 Å². The van der Waals surface area contributed by atoms with E-state index in [1.807, 2.05) is 0 Å². The zero-order chi connectivity index (χ0) is 19.1. The highest BCUT2D eigenvalue weighted by Crippen LogP contribution is 2.16. The summed E-state index contributed by atoms with van der Waals surface area (Å²) in [5, 5.41) is 7.42. The fourth-order valence-electron chi connectivity index (χ4n) is 2.84. The van der Waals surface area contributed by atoms with Crippen LogP contribution in [0, 0.1) is 11.6 Å². The molecule has 1 aromatic carbocycles. The fraction of sp³-hybridized carbons (Fsp3) is 0.471. The van der Waals surface area contributed by atoms with Gasteiger partial charge in [-0.05, 0) is 31.5 Å². The van der Waals surface area contributed by atoms with E-state index in [0.717, 1.165) is 25.0 Å². The molecule has 142 valence electrons. The SMILES string of the molecule is CNC(=O)C1CCCCN1CC(=O)NCC(=O)Nc1ccc(F)c(F)c1. The zero-order valence-corrected chi connectivity index (χ0v) is 14.5. The Kier molecular flexibility index (Phi) is 7.02. The molecule has 1 saturated heterocycles. The van der Waals surface area contributed by atoms with Crippen molar-refractivity contribution >= 4 is 23.4 Å². The molecule has 9 heteroatoms. The number of hydrogen-bond donors (Lipinski definition) is 3. The van der Waals surface area contributed by atoms with Crippen molar-refractivity contribution in [3.8, 4) is 0 Å². The number of likely N-dealkylation sites (tertiary alicyclic amines) is 1. The second-order valence-electron chi connectivity index (χ2n) is 6.05. The molecular weight excluding hydrogens is 346 g/mol. The summed E-state index contributed by atoms with van der Waals surface area (Å²) in [6.45, 7) is 0.333. The first-order chi connectivity index (χ1) is 12.4. The largest absolute Gasteiger partial charge is 0.358 e.